The summed E-state index contributed by atoms with van der Waals surface area (Å²) in [6, 6.07) is 8.06. The highest BCUT2D eigenvalue weighted by atomic mass is 16.5. The van der Waals surface area contributed by atoms with E-state index in [0.717, 1.165) is 43.6 Å². The first-order chi connectivity index (χ1) is 13.6. The summed E-state index contributed by atoms with van der Waals surface area (Å²) in [7, 11) is 0. The molecule has 2 aromatic heterocycles. The minimum absolute atomic E-state index is 0.230. The molecule has 0 aliphatic carbocycles. The Kier molecular flexibility index (Phi) is 6.95. The Morgan fingerprint density at radius 3 is 2.18 bits per heavy atom. The van der Waals surface area contributed by atoms with Crippen LogP contribution in [0.1, 0.15) is 60.3 Å². The second kappa shape index (κ2) is 9.61. The third-order valence-corrected chi connectivity index (χ3v) is 5.47. The lowest BCUT2D eigenvalue weighted by atomic mass is 9.88. The highest BCUT2D eigenvalue weighted by Crippen LogP contribution is 2.41. The van der Waals surface area contributed by atoms with Gasteiger partial charge in [0.15, 0.2) is 0 Å². The molecular weight excluding hydrogens is 354 g/mol. The molecule has 0 saturated carbocycles. The molecule has 0 bridgehead atoms. The second-order valence-corrected chi connectivity index (χ2v) is 7.33. The lowest BCUT2D eigenvalue weighted by molar-refractivity contribution is 0.0749. The number of nitrogens with zero attached hydrogens (tertiary/aromatic N) is 3. The van der Waals surface area contributed by atoms with Crippen LogP contribution in [0.4, 0.5) is 4.79 Å². The molecule has 28 heavy (non-hydrogen) atoms. The molecule has 0 unspecified atom stereocenters. The van der Waals surface area contributed by atoms with Crippen LogP contribution in [0.25, 0.3) is 0 Å². The largest absolute Gasteiger partial charge is 0.338 e. The molecule has 1 saturated heterocycles. The Balaban J connectivity index is 1.84. The van der Waals surface area contributed by atoms with Crippen molar-refractivity contribution in [2.75, 3.05) is 13.1 Å². The van der Waals surface area contributed by atoms with Gasteiger partial charge in [-0.1, -0.05) is 12.1 Å². The highest BCUT2D eigenvalue weighted by Gasteiger charge is 2.34. The molecular formula is C21H29N5O2. The van der Waals surface area contributed by atoms with Gasteiger partial charge in [-0.3, -0.25) is 20.1 Å². The topological polar surface area (TPSA) is 90.4 Å². The zero-order valence-corrected chi connectivity index (χ0v) is 16.6. The van der Waals surface area contributed by atoms with E-state index in [4.69, 9.17) is 15.2 Å². The van der Waals surface area contributed by atoms with Crippen LogP contribution in [-0.2, 0) is 0 Å². The third-order valence-electron chi connectivity index (χ3n) is 5.47. The first-order valence-electron chi connectivity index (χ1n) is 9.88. The molecule has 0 aromatic carbocycles. The van der Waals surface area contributed by atoms with Crippen LogP contribution in [0.3, 0.4) is 0 Å². The van der Waals surface area contributed by atoms with Crippen molar-refractivity contribution < 1.29 is 10.0 Å². The van der Waals surface area contributed by atoms with E-state index in [-0.39, 0.29) is 12.1 Å². The van der Waals surface area contributed by atoms with Crippen LogP contribution in [-0.4, -0.2) is 39.2 Å². The maximum atomic E-state index is 11.2. The van der Waals surface area contributed by atoms with Crippen molar-refractivity contribution in [1.29, 1.82) is 0 Å². The molecule has 0 radical (unpaired) electrons. The summed E-state index contributed by atoms with van der Waals surface area (Å²) in [4.78, 5) is 23.1. The fourth-order valence-electron chi connectivity index (χ4n) is 4.15. The Labute approximate surface area is 166 Å². The minimum Gasteiger partial charge on any atom is -0.336 e. The zero-order chi connectivity index (χ0) is 19.9. The van der Waals surface area contributed by atoms with Gasteiger partial charge < -0.3 is 5.32 Å². The van der Waals surface area contributed by atoms with Gasteiger partial charge in [0, 0.05) is 25.5 Å². The standard InChI is InChI=1S/C21H29N5O2/c1-15-7-4-11-22-19(15)17-9-3-10-18(20-16(2)8-5-12-23-20)26(17)14-6-13-24-21(27)25-28/h4-5,7-8,11-12,17-18,28H,3,6,9-10,13-14H2,1-2H3,(H2,24,25,27)/t17-,18+. The van der Waals surface area contributed by atoms with E-state index in [9.17, 15) is 4.79 Å². The summed E-state index contributed by atoms with van der Waals surface area (Å²) in [5.74, 6) is 0. The van der Waals surface area contributed by atoms with Gasteiger partial charge in [0.2, 0.25) is 0 Å². The minimum atomic E-state index is -0.576. The molecule has 3 N–H and O–H groups in total. The number of rotatable bonds is 6. The van der Waals surface area contributed by atoms with Gasteiger partial charge in [-0.05, 0) is 62.8 Å². The normalized spacial score (nSPS) is 20.0. The van der Waals surface area contributed by atoms with E-state index in [0.29, 0.717) is 6.54 Å². The quantitative estimate of drug-likeness (QED) is 0.404. The molecule has 7 heteroatoms. The number of hydroxylamine groups is 1. The first-order valence-corrected chi connectivity index (χ1v) is 9.88. The SMILES string of the molecule is Cc1cccnc1[C@H]1CCC[C@@H](c2ncccc2C)N1CCCNC(=O)NO. The Hall–Kier alpha value is -2.51. The summed E-state index contributed by atoms with van der Waals surface area (Å²) in [5, 5.41) is 11.3. The maximum absolute atomic E-state index is 11.2. The van der Waals surface area contributed by atoms with Crippen molar-refractivity contribution in [1.82, 2.24) is 25.7 Å². The smallest absolute Gasteiger partial charge is 0.336 e. The van der Waals surface area contributed by atoms with Gasteiger partial charge in [0.05, 0.1) is 23.5 Å². The lowest BCUT2D eigenvalue weighted by Gasteiger charge is -2.42. The monoisotopic (exact) mass is 383 g/mol. The molecule has 2 atom stereocenters. The van der Waals surface area contributed by atoms with Gasteiger partial charge in [-0.25, -0.2) is 10.3 Å². The third kappa shape index (κ3) is 4.66. The Morgan fingerprint density at radius 1 is 1.11 bits per heavy atom. The van der Waals surface area contributed by atoms with Gasteiger partial charge in [-0.2, -0.15) is 0 Å². The number of carbonyl (C=O) groups is 1. The average molecular weight is 383 g/mol. The van der Waals surface area contributed by atoms with E-state index in [2.05, 4.69) is 36.2 Å². The molecule has 1 aliphatic rings. The number of aryl methyl sites for hydroxylation is 2. The molecule has 2 amide bonds. The van der Waals surface area contributed by atoms with Crippen molar-refractivity contribution >= 4 is 6.03 Å². The highest BCUT2D eigenvalue weighted by molar-refractivity contribution is 5.72. The number of aromatic nitrogens is 2. The number of likely N-dealkylation sites (tertiary alicyclic amines) is 1. The summed E-state index contributed by atoms with van der Waals surface area (Å²) in [5.41, 5.74) is 6.26. The molecule has 1 aliphatic heterocycles. The Morgan fingerprint density at radius 2 is 1.68 bits per heavy atom. The van der Waals surface area contributed by atoms with E-state index < -0.39 is 6.03 Å². The van der Waals surface area contributed by atoms with Crippen LogP contribution in [0, 0.1) is 13.8 Å². The Bertz CT molecular complexity index is 744. The number of carbonyl (C=O) groups excluding carboxylic acids is 1. The first kappa shape index (κ1) is 20.2. The number of urea groups is 1. The van der Waals surface area contributed by atoms with Gasteiger partial charge in [0.25, 0.3) is 0 Å². The molecule has 3 heterocycles. The van der Waals surface area contributed by atoms with Crippen molar-refractivity contribution in [3.8, 4) is 0 Å². The van der Waals surface area contributed by atoms with Crippen LogP contribution in [0.15, 0.2) is 36.7 Å². The molecule has 2 aromatic rings. The summed E-state index contributed by atoms with van der Waals surface area (Å²) in [6.07, 6.45) is 7.75. The number of hydrogen-bond acceptors (Lipinski definition) is 5. The van der Waals surface area contributed by atoms with Crippen LogP contribution in [0.2, 0.25) is 0 Å². The zero-order valence-electron chi connectivity index (χ0n) is 16.6. The second-order valence-electron chi connectivity index (χ2n) is 7.33. The number of hydrogen-bond donors (Lipinski definition) is 3. The van der Waals surface area contributed by atoms with Gasteiger partial charge in [0.1, 0.15) is 0 Å². The van der Waals surface area contributed by atoms with Crippen molar-refractivity contribution in [3.05, 3.63) is 59.2 Å². The summed E-state index contributed by atoms with van der Waals surface area (Å²) in [6.45, 7) is 5.53. The van der Waals surface area contributed by atoms with Crippen molar-refractivity contribution in [2.45, 2.75) is 51.6 Å². The fraction of sp³-hybridized carbons (Fsp3) is 0.476. The summed E-state index contributed by atoms with van der Waals surface area (Å²) < 4.78 is 0. The van der Waals surface area contributed by atoms with Crippen molar-refractivity contribution in [3.63, 3.8) is 0 Å². The van der Waals surface area contributed by atoms with E-state index in [1.54, 1.807) is 5.48 Å². The number of amides is 2. The maximum Gasteiger partial charge on any atom is 0.338 e. The van der Waals surface area contributed by atoms with Gasteiger partial charge in [-0.15, -0.1) is 0 Å². The molecule has 3 rings (SSSR count). The van der Waals surface area contributed by atoms with Crippen LogP contribution < -0.4 is 10.8 Å². The van der Waals surface area contributed by atoms with E-state index in [1.807, 2.05) is 24.5 Å². The fourth-order valence-corrected chi connectivity index (χ4v) is 4.15. The number of pyridine rings is 2. The van der Waals surface area contributed by atoms with Crippen LogP contribution in [0.5, 0.6) is 0 Å². The molecule has 1 fully saturated rings. The van der Waals surface area contributed by atoms with E-state index in [1.165, 1.54) is 11.1 Å². The average Bonchev–Trinajstić information content (AvgIpc) is 2.72. The predicted molar refractivity (Wildman–Crippen MR) is 107 cm³/mol. The molecule has 150 valence electrons. The number of nitrogens with one attached hydrogen (secondary N) is 2. The number of piperidine rings is 1. The van der Waals surface area contributed by atoms with Crippen molar-refractivity contribution in [2.24, 2.45) is 0 Å². The van der Waals surface area contributed by atoms with E-state index >= 15 is 0 Å². The van der Waals surface area contributed by atoms with Crippen LogP contribution >= 0.6 is 0 Å². The lowest BCUT2D eigenvalue weighted by Crippen LogP contribution is -2.40. The molecule has 7 nitrogen and oxygen atoms in total. The summed E-state index contributed by atoms with van der Waals surface area (Å²) >= 11 is 0. The van der Waals surface area contributed by atoms with Gasteiger partial charge >= 0.3 is 6.03 Å². The molecule has 0 spiro atoms. The predicted octanol–water partition coefficient (Wildman–Crippen LogP) is 3.44.